The second kappa shape index (κ2) is 5.24. The van der Waals surface area contributed by atoms with E-state index >= 15 is 0 Å². The van der Waals surface area contributed by atoms with E-state index < -0.39 is 0 Å². The Kier molecular flexibility index (Phi) is 3.43. The Morgan fingerprint density at radius 2 is 1.47 bits per heavy atom. The van der Waals surface area contributed by atoms with Crippen molar-refractivity contribution >= 4 is 0 Å². The summed E-state index contributed by atoms with van der Waals surface area (Å²) in [7, 11) is 0. The summed E-state index contributed by atoms with van der Waals surface area (Å²) in [5.41, 5.74) is 0. The van der Waals surface area contributed by atoms with Crippen LogP contribution >= 0.6 is 0 Å². The molecule has 0 aliphatic heterocycles. The molecule has 4 bridgehead atoms. The minimum Gasteiger partial charge on any atom is -0.311 e. The first-order chi connectivity index (χ1) is 9.38. The van der Waals surface area contributed by atoms with Gasteiger partial charge in [-0.1, -0.05) is 25.0 Å². The van der Waals surface area contributed by atoms with Crippen LogP contribution in [-0.4, -0.2) is 12.6 Å². The fraction of sp³-hybridized carbons (Fsp3) is 0.889. The van der Waals surface area contributed by atoms with Crippen LogP contribution in [0.2, 0.25) is 0 Å². The van der Waals surface area contributed by atoms with E-state index in [9.17, 15) is 0 Å². The fourth-order valence-corrected chi connectivity index (χ4v) is 5.87. The van der Waals surface area contributed by atoms with Gasteiger partial charge in [-0.3, -0.25) is 0 Å². The van der Waals surface area contributed by atoms with E-state index in [0.717, 1.165) is 42.2 Å². The van der Waals surface area contributed by atoms with Crippen LogP contribution < -0.4 is 5.32 Å². The van der Waals surface area contributed by atoms with E-state index in [1.807, 2.05) is 0 Å². The maximum absolute atomic E-state index is 3.72. The van der Waals surface area contributed by atoms with Crippen LogP contribution in [0.15, 0.2) is 12.2 Å². The first kappa shape index (κ1) is 12.4. The van der Waals surface area contributed by atoms with Gasteiger partial charge in [-0.05, 0) is 74.5 Å². The van der Waals surface area contributed by atoms with Crippen molar-refractivity contribution in [3.63, 3.8) is 0 Å². The zero-order valence-corrected chi connectivity index (χ0v) is 12.2. The van der Waals surface area contributed by atoms with Crippen molar-refractivity contribution in [1.82, 2.24) is 5.32 Å². The summed E-state index contributed by atoms with van der Waals surface area (Å²) < 4.78 is 0. The van der Waals surface area contributed by atoms with Crippen LogP contribution in [0.5, 0.6) is 0 Å². The average Bonchev–Trinajstić information content (AvgIpc) is 2.89. The normalized spacial score (nSPS) is 45.6. The molecule has 0 unspecified atom stereocenters. The highest BCUT2D eigenvalue weighted by molar-refractivity contribution is 5.05. The van der Waals surface area contributed by atoms with Crippen molar-refractivity contribution in [2.45, 2.75) is 63.8 Å². The molecule has 0 saturated heterocycles. The molecule has 5 aliphatic carbocycles. The molecule has 0 amide bonds. The van der Waals surface area contributed by atoms with E-state index in [2.05, 4.69) is 17.5 Å². The number of hydrogen-bond acceptors (Lipinski definition) is 1. The zero-order chi connectivity index (χ0) is 12.7. The summed E-state index contributed by atoms with van der Waals surface area (Å²) in [5, 5.41) is 3.72. The van der Waals surface area contributed by atoms with E-state index in [1.54, 1.807) is 32.1 Å². The summed E-state index contributed by atoms with van der Waals surface area (Å²) in [6.07, 6.45) is 18.6. The predicted octanol–water partition coefficient (Wildman–Crippen LogP) is 4.15. The number of hydrogen-bond donors (Lipinski definition) is 1. The van der Waals surface area contributed by atoms with Gasteiger partial charge >= 0.3 is 0 Å². The lowest BCUT2D eigenvalue weighted by Crippen LogP contribution is -2.44. The smallest absolute Gasteiger partial charge is 0.0137 e. The maximum Gasteiger partial charge on any atom is 0.0137 e. The maximum atomic E-state index is 3.72. The lowest BCUT2D eigenvalue weighted by Gasteiger charge is -2.53. The van der Waals surface area contributed by atoms with Crippen LogP contribution in [0.4, 0.5) is 0 Å². The SMILES string of the molecule is C(=C\C1C2CC3CC(C2)CC1C3)/CNC1CCCC1. The van der Waals surface area contributed by atoms with Crippen molar-refractivity contribution in [3.8, 4) is 0 Å². The largest absolute Gasteiger partial charge is 0.311 e. The van der Waals surface area contributed by atoms with Crippen LogP contribution in [0.3, 0.4) is 0 Å². The first-order valence-electron chi connectivity index (χ1n) is 8.78. The average molecular weight is 259 g/mol. The molecule has 0 spiro atoms. The summed E-state index contributed by atoms with van der Waals surface area (Å²) in [5.74, 6) is 5.28. The molecule has 0 aromatic carbocycles. The molecule has 5 rings (SSSR count). The minimum atomic E-state index is 0.822. The standard InChI is InChI=1S/C18H29N/c1-2-5-17(4-1)19-7-3-6-18-15-9-13-8-14(11-15)12-16(18)10-13/h3,6,13-19H,1-2,4-5,7-12H2/b6-3+. The van der Waals surface area contributed by atoms with Gasteiger partial charge in [0.1, 0.15) is 0 Å². The molecule has 106 valence electrons. The quantitative estimate of drug-likeness (QED) is 0.748. The molecule has 0 aromatic heterocycles. The van der Waals surface area contributed by atoms with Crippen LogP contribution in [-0.2, 0) is 0 Å². The zero-order valence-electron chi connectivity index (χ0n) is 12.2. The van der Waals surface area contributed by atoms with Crippen molar-refractivity contribution in [3.05, 3.63) is 12.2 Å². The second-order valence-corrected chi connectivity index (χ2v) is 7.83. The molecule has 1 nitrogen and oxygen atoms in total. The molecule has 1 heteroatoms. The van der Waals surface area contributed by atoms with Gasteiger partial charge in [-0.25, -0.2) is 0 Å². The monoisotopic (exact) mass is 259 g/mol. The third-order valence-electron chi connectivity index (χ3n) is 6.54. The Morgan fingerprint density at radius 3 is 2.11 bits per heavy atom. The summed E-state index contributed by atoms with van der Waals surface area (Å²) in [6.45, 7) is 1.12. The fourth-order valence-electron chi connectivity index (χ4n) is 5.87. The molecule has 0 aromatic rings. The predicted molar refractivity (Wildman–Crippen MR) is 79.9 cm³/mol. The van der Waals surface area contributed by atoms with Gasteiger partial charge in [-0.15, -0.1) is 0 Å². The molecule has 0 atom stereocenters. The highest BCUT2D eigenvalue weighted by Gasteiger charge is 2.46. The molecular formula is C18H29N. The second-order valence-electron chi connectivity index (χ2n) is 7.83. The molecular weight excluding hydrogens is 230 g/mol. The van der Waals surface area contributed by atoms with E-state index in [1.165, 1.54) is 25.7 Å². The third-order valence-corrected chi connectivity index (χ3v) is 6.54. The Labute approximate surface area is 118 Å². The van der Waals surface area contributed by atoms with Crippen LogP contribution in [0, 0.1) is 29.6 Å². The Bertz CT molecular complexity index is 312. The lowest BCUT2D eigenvalue weighted by atomic mass is 9.52. The lowest BCUT2D eigenvalue weighted by molar-refractivity contribution is -0.0162. The highest BCUT2D eigenvalue weighted by Crippen LogP contribution is 2.56. The van der Waals surface area contributed by atoms with Crippen molar-refractivity contribution in [2.75, 3.05) is 6.54 Å². The molecule has 1 N–H and O–H groups in total. The molecule has 5 aliphatic rings. The molecule has 0 heterocycles. The number of allylic oxidation sites excluding steroid dienone is 1. The van der Waals surface area contributed by atoms with Crippen molar-refractivity contribution in [1.29, 1.82) is 0 Å². The number of nitrogens with one attached hydrogen (secondary N) is 1. The van der Waals surface area contributed by atoms with E-state index in [-0.39, 0.29) is 0 Å². The van der Waals surface area contributed by atoms with Gasteiger partial charge in [0.25, 0.3) is 0 Å². The Morgan fingerprint density at radius 1 is 0.842 bits per heavy atom. The molecule has 19 heavy (non-hydrogen) atoms. The van der Waals surface area contributed by atoms with Gasteiger partial charge < -0.3 is 5.32 Å². The van der Waals surface area contributed by atoms with Crippen LogP contribution in [0.1, 0.15) is 57.8 Å². The first-order valence-corrected chi connectivity index (χ1v) is 8.78. The van der Waals surface area contributed by atoms with E-state index in [4.69, 9.17) is 0 Å². The third kappa shape index (κ3) is 2.51. The van der Waals surface area contributed by atoms with Gasteiger partial charge in [0.2, 0.25) is 0 Å². The minimum absolute atomic E-state index is 0.822. The molecule has 5 fully saturated rings. The number of rotatable bonds is 4. The van der Waals surface area contributed by atoms with E-state index in [0.29, 0.717) is 0 Å². The molecule has 0 radical (unpaired) electrons. The Balaban J connectivity index is 1.30. The topological polar surface area (TPSA) is 12.0 Å². The van der Waals surface area contributed by atoms with Gasteiger partial charge in [-0.2, -0.15) is 0 Å². The molecule has 5 saturated carbocycles. The summed E-state index contributed by atoms with van der Waals surface area (Å²) in [4.78, 5) is 0. The van der Waals surface area contributed by atoms with Crippen molar-refractivity contribution in [2.24, 2.45) is 29.6 Å². The van der Waals surface area contributed by atoms with Crippen LogP contribution in [0.25, 0.3) is 0 Å². The van der Waals surface area contributed by atoms with Crippen molar-refractivity contribution < 1.29 is 0 Å². The summed E-state index contributed by atoms with van der Waals surface area (Å²) in [6, 6.07) is 0.822. The Hall–Kier alpha value is -0.300. The summed E-state index contributed by atoms with van der Waals surface area (Å²) >= 11 is 0. The highest BCUT2D eigenvalue weighted by atomic mass is 14.9. The van der Waals surface area contributed by atoms with Gasteiger partial charge in [0.15, 0.2) is 0 Å². The van der Waals surface area contributed by atoms with Gasteiger partial charge in [0.05, 0.1) is 0 Å². The van der Waals surface area contributed by atoms with Gasteiger partial charge in [0, 0.05) is 12.6 Å².